The monoisotopic (exact) mass is 390 g/mol. The average molecular weight is 390 g/mol. The summed E-state index contributed by atoms with van der Waals surface area (Å²) in [6, 6.07) is 15.5. The van der Waals surface area contributed by atoms with E-state index < -0.39 is 0 Å². The van der Waals surface area contributed by atoms with Crippen LogP contribution in [0.1, 0.15) is 49.9 Å². The van der Waals surface area contributed by atoms with Gasteiger partial charge in [-0.15, -0.1) is 0 Å². The molecule has 5 nitrogen and oxygen atoms in total. The van der Waals surface area contributed by atoms with Crippen LogP contribution < -0.4 is 14.8 Å². The zero-order valence-electron chi connectivity index (χ0n) is 16.9. The SMILES string of the molecule is CCCCCC(C)NC(=O)c1cc(-c2ccc3c(c2)OCO3)nc2ccccc12. The van der Waals surface area contributed by atoms with Crippen LogP contribution in [0.5, 0.6) is 11.5 Å². The Labute approximate surface area is 171 Å². The highest BCUT2D eigenvalue weighted by molar-refractivity contribution is 6.07. The zero-order valence-corrected chi connectivity index (χ0v) is 16.9. The van der Waals surface area contributed by atoms with Crippen LogP contribution in [0.3, 0.4) is 0 Å². The number of para-hydroxylation sites is 1. The first kappa shape index (κ1) is 19.2. The Bertz CT molecular complexity index is 1030. The number of pyridine rings is 1. The van der Waals surface area contributed by atoms with Crippen molar-refractivity contribution < 1.29 is 14.3 Å². The molecule has 2 aromatic carbocycles. The fourth-order valence-corrected chi connectivity index (χ4v) is 3.64. The summed E-state index contributed by atoms with van der Waals surface area (Å²) in [5.74, 6) is 1.37. The molecule has 3 aromatic rings. The van der Waals surface area contributed by atoms with Gasteiger partial charge >= 0.3 is 0 Å². The number of rotatable bonds is 7. The number of amides is 1. The minimum Gasteiger partial charge on any atom is -0.454 e. The molecule has 1 N–H and O–H groups in total. The maximum Gasteiger partial charge on any atom is 0.252 e. The molecule has 0 saturated carbocycles. The number of hydrogen-bond donors (Lipinski definition) is 1. The van der Waals surface area contributed by atoms with E-state index in [0.717, 1.165) is 40.8 Å². The van der Waals surface area contributed by atoms with Crippen LogP contribution in [0.4, 0.5) is 0 Å². The molecule has 2 heterocycles. The molecule has 29 heavy (non-hydrogen) atoms. The van der Waals surface area contributed by atoms with Gasteiger partial charge in [0.25, 0.3) is 5.91 Å². The molecule has 0 fully saturated rings. The quantitative estimate of drug-likeness (QED) is 0.554. The summed E-state index contributed by atoms with van der Waals surface area (Å²) < 4.78 is 10.9. The van der Waals surface area contributed by atoms with E-state index in [1.54, 1.807) is 0 Å². The minimum absolute atomic E-state index is 0.0606. The van der Waals surface area contributed by atoms with Crippen molar-refractivity contribution in [2.24, 2.45) is 0 Å². The minimum atomic E-state index is -0.0606. The van der Waals surface area contributed by atoms with E-state index in [9.17, 15) is 4.79 Å². The van der Waals surface area contributed by atoms with Crippen molar-refractivity contribution in [1.29, 1.82) is 0 Å². The van der Waals surface area contributed by atoms with Crippen LogP contribution >= 0.6 is 0 Å². The summed E-state index contributed by atoms with van der Waals surface area (Å²) in [5, 5.41) is 4.01. The van der Waals surface area contributed by atoms with Crippen LogP contribution in [0.25, 0.3) is 22.2 Å². The van der Waals surface area contributed by atoms with E-state index in [1.165, 1.54) is 12.8 Å². The summed E-state index contributed by atoms with van der Waals surface area (Å²) in [5.41, 5.74) is 3.08. The molecule has 1 amide bonds. The largest absolute Gasteiger partial charge is 0.454 e. The molecule has 1 atom stereocenters. The first-order valence-corrected chi connectivity index (χ1v) is 10.3. The van der Waals surface area contributed by atoms with E-state index in [2.05, 4.69) is 19.2 Å². The smallest absolute Gasteiger partial charge is 0.252 e. The Kier molecular flexibility index (Phi) is 5.65. The van der Waals surface area contributed by atoms with Crippen molar-refractivity contribution in [3.63, 3.8) is 0 Å². The first-order valence-electron chi connectivity index (χ1n) is 10.3. The maximum absolute atomic E-state index is 13.1. The van der Waals surface area contributed by atoms with Gasteiger partial charge in [0.1, 0.15) is 0 Å². The molecular weight excluding hydrogens is 364 g/mol. The van der Waals surface area contributed by atoms with Crippen LogP contribution in [0, 0.1) is 0 Å². The van der Waals surface area contributed by atoms with E-state index in [4.69, 9.17) is 14.5 Å². The predicted octanol–water partition coefficient (Wildman–Crippen LogP) is 5.33. The number of carbonyl (C=O) groups excluding carboxylic acids is 1. The second kappa shape index (κ2) is 8.52. The van der Waals surface area contributed by atoms with Gasteiger partial charge in [0, 0.05) is 17.0 Å². The fourth-order valence-electron chi connectivity index (χ4n) is 3.64. The molecule has 0 radical (unpaired) electrons. The Morgan fingerprint density at radius 2 is 1.93 bits per heavy atom. The van der Waals surface area contributed by atoms with Gasteiger partial charge in [0.2, 0.25) is 6.79 Å². The summed E-state index contributed by atoms with van der Waals surface area (Å²) in [6.45, 7) is 4.48. The lowest BCUT2D eigenvalue weighted by atomic mass is 10.0. The Hall–Kier alpha value is -3.08. The van der Waals surface area contributed by atoms with Crippen molar-refractivity contribution in [2.75, 3.05) is 6.79 Å². The summed E-state index contributed by atoms with van der Waals surface area (Å²) >= 11 is 0. The van der Waals surface area contributed by atoms with Crippen molar-refractivity contribution >= 4 is 16.8 Å². The van der Waals surface area contributed by atoms with Gasteiger partial charge in [-0.2, -0.15) is 0 Å². The summed E-state index contributed by atoms with van der Waals surface area (Å²) in [7, 11) is 0. The number of nitrogens with one attached hydrogen (secondary N) is 1. The van der Waals surface area contributed by atoms with Crippen LogP contribution in [-0.4, -0.2) is 23.7 Å². The molecule has 0 spiro atoms. The van der Waals surface area contributed by atoms with Crippen LogP contribution in [-0.2, 0) is 0 Å². The third-order valence-corrected chi connectivity index (χ3v) is 5.25. The number of nitrogens with zero attached hydrogens (tertiary/aromatic N) is 1. The Morgan fingerprint density at radius 1 is 1.10 bits per heavy atom. The highest BCUT2D eigenvalue weighted by Crippen LogP contribution is 2.36. The lowest BCUT2D eigenvalue weighted by molar-refractivity contribution is 0.0939. The van der Waals surface area contributed by atoms with E-state index in [1.807, 2.05) is 48.5 Å². The summed E-state index contributed by atoms with van der Waals surface area (Å²) in [4.78, 5) is 17.9. The second-order valence-electron chi connectivity index (χ2n) is 7.51. The topological polar surface area (TPSA) is 60.5 Å². The molecule has 0 saturated heterocycles. The molecule has 150 valence electrons. The average Bonchev–Trinajstić information content (AvgIpc) is 3.21. The number of ether oxygens (including phenoxy) is 2. The van der Waals surface area contributed by atoms with Crippen molar-refractivity contribution in [2.45, 2.75) is 45.6 Å². The number of unbranched alkanes of at least 4 members (excludes halogenated alkanes) is 2. The lowest BCUT2D eigenvalue weighted by Crippen LogP contribution is -2.32. The second-order valence-corrected chi connectivity index (χ2v) is 7.51. The van der Waals surface area contributed by atoms with Crippen molar-refractivity contribution in [1.82, 2.24) is 10.3 Å². The molecule has 5 heteroatoms. The molecule has 1 unspecified atom stereocenters. The summed E-state index contributed by atoms with van der Waals surface area (Å²) in [6.07, 6.45) is 4.47. The van der Waals surface area contributed by atoms with Gasteiger partial charge in [-0.05, 0) is 43.7 Å². The van der Waals surface area contributed by atoms with Gasteiger partial charge in [0.15, 0.2) is 11.5 Å². The molecule has 0 bridgehead atoms. The molecule has 4 rings (SSSR count). The lowest BCUT2D eigenvalue weighted by Gasteiger charge is -2.15. The molecule has 1 aliphatic heterocycles. The molecule has 1 aromatic heterocycles. The Morgan fingerprint density at radius 3 is 2.79 bits per heavy atom. The molecule has 1 aliphatic rings. The highest BCUT2D eigenvalue weighted by Gasteiger charge is 2.18. The fraction of sp³-hybridized carbons (Fsp3) is 0.333. The van der Waals surface area contributed by atoms with Crippen LogP contribution in [0.15, 0.2) is 48.5 Å². The standard InChI is InChI=1S/C24H26N2O3/c1-3-4-5-8-16(2)25-24(27)19-14-21(26-20-10-7-6-9-18(19)20)17-11-12-22-23(13-17)29-15-28-22/h6-7,9-14,16H,3-5,8,15H2,1-2H3,(H,25,27). The van der Waals surface area contributed by atoms with Gasteiger partial charge in [0.05, 0.1) is 16.8 Å². The van der Waals surface area contributed by atoms with E-state index in [0.29, 0.717) is 11.3 Å². The predicted molar refractivity (Wildman–Crippen MR) is 114 cm³/mol. The zero-order chi connectivity index (χ0) is 20.2. The Balaban J connectivity index is 1.67. The third kappa shape index (κ3) is 4.19. The maximum atomic E-state index is 13.1. The third-order valence-electron chi connectivity index (χ3n) is 5.25. The number of fused-ring (bicyclic) bond motifs is 2. The van der Waals surface area contributed by atoms with Gasteiger partial charge < -0.3 is 14.8 Å². The molecule has 0 aliphatic carbocycles. The molecular formula is C24H26N2O3. The first-order chi connectivity index (χ1) is 14.2. The number of benzene rings is 2. The van der Waals surface area contributed by atoms with E-state index >= 15 is 0 Å². The van der Waals surface area contributed by atoms with Crippen LogP contribution in [0.2, 0.25) is 0 Å². The number of aromatic nitrogens is 1. The van der Waals surface area contributed by atoms with Gasteiger partial charge in [-0.25, -0.2) is 4.98 Å². The normalized spacial score (nSPS) is 13.4. The number of carbonyl (C=O) groups is 1. The highest BCUT2D eigenvalue weighted by atomic mass is 16.7. The van der Waals surface area contributed by atoms with Gasteiger partial charge in [-0.3, -0.25) is 4.79 Å². The van der Waals surface area contributed by atoms with Crippen molar-refractivity contribution in [3.05, 3.63) is 54.1 Å². The van der Waals surface area contributed by atoms with Crippen molar-refractivity contribution in [3.8, 4) is 22.8 Å². The van der Waals surface area contributed by atoms with Gasteiger partial charge in [-0.1, -0.05) is 44.4 Å². The number of hydrogen-bond acceptors (Lipinski definition) is 4. The van der Waals surface area contributed by atoms with E-state index in [-0.39, 0.29) is 18.7 Å².